The average Bonchev–Trinajstić information content (AvgIpc) is 2.24. The van der Waals surface area contributed by atoms with Gasteiger partial charge >= 0.3 is 11.4 Å². The molecule has 0 aliphatic carbocycles. The quantitative estimate of drug-likeness (QED) is 0.627. The molecule has 2 rings (SSSR count). The van der Waals surface area contributed by atoms with E-state index in [0.717, 1.165) is 4.57 Å². The van der Waals surface area contributed by atoms with Gasteiger partial charge < -0.3 is 14.3 Å². The molecule has 1 heterocycles. The summed E-state index contributed by atoms with van der Waals surface area (Å²) in [5, 5.41) is 10.6. The minimum Gasteiger partial charge on any atom is -0.548 e. The standard InChI is InChI=1S/C10H7NO5/c12-8(13)5-11-7-4-2-1-3-6(7)9(14)16-10(11)15/h1-4H,5H2,(H,12,13)/p-1. The van der Waals surface area contributed by atoms with Crippen LogP contribution in [0, 0.1) is 0 Å². The lowest BCUT2D eigenvalue weighted by Gasteiger charge is -2.08. The van der Waals surface area contributed by atoms with Gasteiger partial charge in [-0.15, -0.1) is 0 Å². The van der Waals surface area contributed by atoms with Crippen LogP contribution in [-0.2, 0) is 11.3 Å². The van der Waals surface area contributed by atoms with E-state index in [-0.39, 0.29) is 10.9 Å². The summed E-state index contributed by atoms with van der Waals surface area (Å²) in [6, 6.07) is 6.10. The lowest BCUT2D eigenvalue weighted by molar-refractivity contribution is -0.306. The van der Waals surface area contributed by atoms with Gasteiger partial charge in [-0.1, -0.05) is 12.1 Å². The molecule has 0 saturated heterocycles. The summed E-state index contributed by atoms with van der Waals surface area (Å²) >= 11 is 0. The Balaban J connectivity index is 2.87. The Morgan fingerprint density at radius 1 is 1.31 bits per heavy atom. The molecule has 0 atom stereocenters. The molecular formula is C10H6NO5-. The van der Waals surface area contributed by atoms with E-state index in [1.807, 2.05) is 0 Å². The third-order valence-electron chi connectivity index (χ3n) is 2.10. The van der Waals surface area contributed by atoms with Crippen molar-refractivity contribution in [1.29, 1.82) is 0 Å². The fourth-order valence-electron chi connectivity index (χ4n) is 1.45. The SMILES string of the molecule is O=C([O-])Cn1c(=O)oc(=O)c2ccccc21. The number of carbonyl (C=O) groups excluding carboxylic acids is 1. The van der Waals surface area contributed by atoms with Crippen LogP contribution in [0.15, 0.2) is 38.3 Å². The third kappa shape index (κ3) is 1.60. The van der Waals surface area contributed by atoms with E-state index < -0.39 is 23.9 Å². The highest BCUT2D eigenvalue weighted by Crippen LogP contribution is 2.06. The molecule has 6 nitrogen and oxygen atoms in total. The maximum atomic E-state index is 11.3. The van der Waals surface area contributed by atoms with Crippen molar-refractivity contribution in [1.82, 2.24) is 4.57 Å². The summed E-state index contributed by atoms with van der Waals surface area (Å²) in [6.07, 6.45) is 0. The van der Waals surface area contributed by atoms with Gasteiger partial charge in [0.05, 0.1) is 23.4 Å². The van der Waals surface area contributed by atoms with Gasteiger partial charge in [-0.25, -0.2) is 9.59 Å². The number of aromatic nitrogens is 1. The van der Waals surface area contributed by atoms with Crippen molar-refractivity contribution >= 4 is 16.9 Å². The largest absolute Gasteiger partial charge is 0.548 e. The van der Waals surface area contributed by atoms with E-state index >= 15 is 0 Å². The zero-order valence-corrected chi connectivity index (χ0v) is 8.00. The third-order valence-corrected chi connectivity index (χ3v) is 2.10. The zero-order chi connectivity index (χ0) is 11.7. The molecule has 2 aromatic rings. The summed E-state index contributed by atoms with van der Waals surface area (Å²) < 4.78 is 5.22. The molecule has 0 N–H and O–H groups in total. The van der Waals surface area contributed by atoms with Crippen LogP contribution >= 0.6 is 0 Å². The number of aliphatic carboxylic acids is 1. The van der Waals surface area contributed by atoms with E-state index in [1.54, 1.807) is 12.1 Å². The van der Waals surface area contributed by atoms with Crippen LogP contribution in [0.3, 0.4) is 0 Å². The molecule has 0 bridgehead atoms. The topological polar surface area (TPSA) is 92.3 Å². The lowest BCUT2D eigenvalue weighted by atomic mass is 10.2. The Bertz CT molecular complexity index is 667. The predicted molar refractivity (Wildman–Crippen MR) is 51.8 cm³/mol. The second-order valence-corrected chi connectivity index (χ2v) is 3.13. The highest BCUT2D eigenvalue weighted by atomic mass is 16.4. The minimum atomic E-state index is -1.43. The van der Waals surface area contributed by atoms with Crippen LogP contribution in [0.5, 0.6) is 0 Å². The van der Waals surface area contributed by atoms with E-state index in [0.29, 0.717) is 0 Å². The van der Waals surface area contributed by atoms with Crippen molar-refractivity contribution in [2.24, 2.45) is 0 Å². The molecule has 0 radical (unpaired) electrons. The maximum Gasteiger partial charge on any atom is 0.422 e. The Hall–Kier alpha value is -2.37. The van der Waals surface area contributed by atoms with Gasteiger partial charge in [0.1, 0.15) is 0 Å². The Kier molecular flexibility index (Phi) is 2.32. The van der Waals surface area contributed by atoms with Gasteiger partial charge in [0.25, 0.3) is 0 Å². The van der Waals surface area contributed by atoms with Gasteiger partial charge in [0, 0.05) is 0 Å². The Morgan fingerprint density at radius 3 is 2.69 bits per heavy atom. The molecule has 0 unspecified atom stereocenters. The average molecular weight is 220 g/mol. The van der Waals surface area contributed by atoms with Crippen LogP contribution in [0.25, 0.3) is 10.9 Å². The summed E-state index contributed by atoms with van der Waals surface area (Å²) in [4.78, 5) is 33.0. The normalized spacial score (nSPS) is 10.5. The van der Waals surface area contributed by atoms with Gasteiger partial charge in [-0.3, -0.25) is 4.57 Å². The number of hydrogen-bond donors (Lipinski definition) is 0. The lowest BCUT2D eigenvalue weighted by Crippen LogP contribution is -2.34. The van der Waals surface area contributed by atoms with Gasteiger partial charge in [-0.05, 0) is 12.1 Å². The van der Waals surface area contributed by atoms with Crippen LogP contribution in [0.1, 0.15) is 0 Å². The number of para-hydroxylation sites is 1. The van der Waals surface area contributed by atoms with Crippen molar-refractivity contribution in [3.63, 3.8) is 0 Å². The van der Waals surface area contributed by atoms with Crippen molar-refractivity contribution < 1.29 is 14.3 Å². The first-order chi connectivity index (χ1) is 7.59. The van der Waals surface area contributed by atoms with Gasteiger partial charge in [0.15, 0.2) is 0 Å². The molecule has 0 amide bonds. The molecule has 1 aromatic heterocycles. The molecular weight excluding hydrogens is 214 g/mol. The Labute approximate surface area is 88.4 Å². The van der Waals surface area contributed by atoms with Crippen LogP contribution in [-0.4, -0.2) is 10.5 Å². The molecule has 0 spiro atoms. The summed E-state index contributed by atoms with van der Waals surface area (Å²) in [6.45, 7) is -0.650. The highest BCUT2D eigenvalue weighted by molar-refractivity contribution is 5.78. The van der Waals surface area contributed by atoms with E-state index in [4.69, 9.17) is 0 Å². The minimum absolute atomic E-state index is 0.156. The second kappa shape index (κ2) is 3.65. The first kappa shape index (κ1) is 10.2. The molecule has 1 aromatic carbocycles. The molecule has 6 heteroatoms. The number of carbonyl (C=O) groups is 1. The smallest absolute Gasteiger partial charge is 0.422 e. The molecule has 82 valence electrons. The van der Waals surface area contributed by atoms with E-state index in [9.17, 15) is 19.5 Å². The van der Waals surface area contributed by atoms with Crippen LogP contribution in [0.2, 0.25) is 0 Å². The summed E-state index contributed by atoms with van der Waals surface area (Å²) in [7, 11) is 0. The monoisotopic (exact) mass is 220 g/mol. The number of nitrogens with zero attached hydrogens (tertiary/aromatic N) is 1. The number of carboxylic acids is 1. The number of hydrogen-bond acceptors (Lipinski definition) is 5. The number of benzene rings is 1. The maximum absolute atomic E-state index is 11.3. The second-order valence-electron chi connectivity index (χ2n) is 3.13. The van der Waals surface area contributed by atoms with Crippen LogP contribution < -0.4 is 16.5 Å². The number of rotatable bonds is 2. The first-order valence-corrected chi connectivity index (χ1v) is 4.42. The van der Waals surface area contributed by atoms with Gasteiger partial charge in [0.2, 0.25) is 0 Å². The van der Waals surface area contributed by atoms with Gasteiger partial charge in [-0.2, -0.15) is 0 Å². The summed E-state index contributed by atoms with van der Waals surface area (Å²) in [5.74, 6) is -2.44. The molecule has 0 saturated carbocycles. The Morgan fingerprint density at radius 2 is 2.00 bits per heavy atom. The van der Waals surface area contributed by atoms with E-state index in [1.165, 1.54) is 12.1 Å². The molecule has 0 fully saturated rings. The molecule has 0 aliphatic rings. The summed E-state index contributed by atoms with van der Waals surface area (Å²) in [5.41, 5.74) is -0.567. The van der Waals surface area contributed by atoms with Crippen molar-refractivity contribution in [2.45, 2.75) is 6.54 Å². The van der Waals surface area contributed by atoms with Crippen molar-refractivity contribution in [3.8, 4) is 0 Å². The molecule has 16 heavy (non-hydrogen) atoms. The van der Waals surface area contributed by atoms with Crippen molar-refractivity contribution in [2.75, 3.05) is 0 Å². The van der Waals surface area contributed by atoms with Crippen molar-refractivity contribution in [3.05, 3.63) is 45.2 Å². The highest BCUT2D eigenvalue weighted by Gasteiger charge is 2.08. The first-order valence-electron chi connectivity index (χ1n) is 4.42. The number of fused-ring (bicyclic) bond motifs is 1. The predicted octanol–water partition coefficient (Wildman–Crippen LogP) is -1.30. The number of carboxylic acid groups (broad SMARTS) is 1. The fraction of sp³-hybridized carbons (Fsp3) is 0.100. The van der Waals surface area contributed by atoms with E-state index in [2.05, 4.69) is 4.42 Å². The fourth-order valence-corrected chi connectivity index (χ4v) is 1.45. The van der Waals surface area contributed by atoms with Crippen LogP contribution in [0.4, 0.5) is 0 Å². The zero-order valence-electron chi connectivity index (χ0n) is 8.00. The molecule has 0 aliphatic heterocycles.